The quantitative estimate of drug-likeness (QED) is 0.660. The van der Waals surface area contributed by atoms with Gasteiger partial charge in [0, 0.05) is 29.5 Å². The maximum absolute atomic E-state index is 12.4. The number of carbonyl (C=O) groups excluding carboxylic acids is 2. The Morgan fingerprint density at radius 3 is 2.54 bits per heavy atom. The summed E-state index contributed by atoms with van der Waals surface area (Å²) < 4.78 is 19.4. The molecule has 0 fully saturated rings. The number of ether oxygens (including phenoxy) is 1. The van der Waals surface area contributed by atoms with Gasteiger partial charge in [0.15, 0.2) is 0 Å². The van der Waals surface area contributed by atoms with Crippen molar-refractivity contribution in [3.63, 3.8) is 0 Å². The Labute approximate surface area is 145 Å². The van der Waals surface area contributed by atoms with Crippen molar-refractivity contribution in [1.29, 1.82) is 0 Å². The molecule has 1 amide bonds. The lowest BCUT2D eigenvalue weighted by molar-refractivity contribution is -0.149. The molecular formula is C17H22N2O4S. The van der Waals surface area contributed by atoms with Crippen molar-refractivity contribution in [3.05, 3.63) is 42.0 Å². The molecule has 2 atom stereocenters. The lowest BCUT2D eigenvalue weighted by Crippen LogP contribution is -2.47. The maximum Gasteiger partial charge on any atom is 0.326 e. The number of esters is 1. The summed E-state index contributed by atoms with van der Waals surface area (Å²) >= 11 is -1.38. The highest BCUT2D eigenvalue weighted by Gasteiger charge is 2.35. The molecule has 1 heterocycles. The van der Waals surface area contributed by atoms with Crippen LogP contribution < -0.4 is 4.72 Å². The summed E-state index contributed by atoms with van der Waals surface area (Å²) in [6.45, 7) is 9.15. The SMILES string of the molecule is C=C1c2ccccc2C(=O)N(C)C1OC(=O)CN[S@@+]([O-])C(C)(C)C. The third-order valence-corrected chi connectivity index (χ3v) is 5.14. The van der Waals surface area contributed by atoms with E-state index in [1.807, 2.05) is 0 Å². The van der Waals surface area contributed by atoms with Crippen LogP contribution in [-0.4, -0.2) is 45.9 Å². The predicted molar refractivity (Wildman–Crippen MR) is 93.3 cm³/mol. The molecule has 0 bridgehead atoms. The van der Waals surface area contributed by atoms with Crippen LogP contribution in [0.3, 0.4) is 0 Å². The second-order valence-electron chi connectivity index (χ2n) is 6.53. The number of fused-ring (bicyclic) bond motifs is 1. The number of nitrogens with one attached hydrogen (secondary N) is 1. The number of hydrogen-bond donors (Lipinski definition) is 1. The summed E-state index contributed by atoms with van der Waals surface area (Å²) in [7, 11) is 1.56. The highest BCUT2D eigenvalue weighted by molar-refractivity contribution is 7.90. The van der Waals surface area contributed by atoms with Gasteiger partial charge in [0.1, 0.15) is 11.3 Å². The number of rotatable bonds is 4. The number of nitrogens with zero attached hydrogens (tertiary/aromatic N) is 1. The fourth-order valence-electron chi connectivity index (χ4n) is 2.27. The van der Waals surface area contributed by atoms with E-state index in [0.29, 0.717) is 16.7 Å². The van der Waals surface area contributed by atoms with Crippen molar-refractivity contribution >= 4 is 28.8 Å². The van der Waals surface area contributed by atoms with Gasteiger partial charge in [-0.25, -0.2) is 0 Å². The predicted octanol–water partition coefficient (Wildman–Crippen LogP) is 1.71. The molecular weight excluding hydrogens is 328 g/mol. The summed E-state index contributed by atoms with van der Waals surface area (Å²) in [5.74, 6) is -0.834. The summed E-state index contributed by atoms with van der Waals surface area (Å²) in [6.07, 6.45) is -0.871. The van der Waals surface area contributed by atoms with Crippen LogP contribution in [0.4, 0.5) is 0 Å². The second kappa shape index (κ2) is 6.96. The Morgan fingerprint density at radius 2 is 1.96 bits per heavy atom. The van der Waals surface area contributed by atoms with Gasteiger partial charge in [0.2, 0.25) is 6.23 Å². The molecule has 1 unspecified atom stereocenters. The van der Waals surface area contributed by atoms with Gasteiger partial charge in [-0.15, -0.1) is 4.72 Å². The van der Waals surface area contributed by atoms with Crippen molar-refractivity contribution in [1.82, 2.24) is 9.62 Å². The fraction of sp³-hybridized carbons (Fsp3) is 0.412. The Kier molecular flexibility index (Phi) is 5.37. The largest absolute Gasteiger partial charge is 0.598 e. The Morgan fingerprint density at radius 1 is 1.38 bits per heavy atom. The fourth-order valence-corrected chi connectivity index (χ4v) is 2.95. The first kappa shape index (κ1) is 18.5. The number of carbonyl (C=O) groups is 2. The number of benzene rings is 1. The summed E-state index contributed by atoms with van der Waals surface area (Å²) in [6, 6.07) is 7.06. The molecule has 0 radical (unpaired) electrons. The van der Waals surface area contributed by atoms with Crippen LogP contribution in [0.25, 0.3) is 5.57 Å². The highest BCUT2D eigenvalue weighted by Crippen LogP contribution is 2.31. The Balaban J connectivity index is 2.06. The van der Waals surface area contributed by atoms with Crippen LogP contribution in [0, 0.1) is 0 Å². The van der Waals surface area contributed by atoms with Crippen LogP contribution in [0.2, 0.25) is 0 Å². The van der Waals surface area contributed by atoms with Gasteiger partial charge >= 0.3 is 5.97 Å². The zero-order valence-electron chi connectivity index (χ0n) is 14.3. The van der Waals surface area contributed by atoms with E-state index in [1.54, 1.807) is 52.1 Å². The van der Waals surface area contributed by atoms with E-state index >= 15 is 0 Å². The van der Waals surface area contributed by atoms with Gasteiger partial charge in [0.25, 0.3) is 5.91 Å². The van der Waals surface area contributed by atoms with Gasteiger partial charge in [0.05, 0.1) is 0 Å². The third-order valence-electron chi connectivity index (χ3n) is 3.62. The number of amides is 1. The normalized spacial score (nSPS) is 19.0. The van der Waals surface area contributed by atoms with Crippen LogP contribution in [0.1, 0.15) is 36.7 Å². The standard InChI is InChI=1S/C17H22N2O4S/c1-11-12-8-6-7-9-13(12)15(21)19(5)16(11)23-14(20)10-18-24(22)17(2,3)4/h6-9,16,18H,1,10H2,2-5H3/t16?,24-/m0/s1. The van der Waals surface area contributed by atoms with Crippen molar-refractivity contribution in [2.24, 2.45) is 0 Å². The van der Waals surface area contributed by atoms with Crippen LogP contribution in [-0.2, 0) is 20.9 Å². The molecule has 0 spiro atoms. The minimum absolute atomic E-state index is 0.211. The lowest BCUT2D eigenvalue weighted by Gasteiger charge is -2.34. The van der Waals surface area contributed by atoms with Crippen molar-refractivity contribution in [3.8, 4) is 0 Å². The monoisotopic (exact) mass is 350 g/mol. The molecule has 6 nitrogen and oxygen atoms in total. The van der Waals surface area contributed by atoms with Gasteiger partial charge in [-0.3, -0.25) is 9.59 Å². The first-order valence-corrected chi connectivity index (χ1v) is 8.68. The number of hydrogen-bond acceptors (Lipinski definition) is 5. The van der Waals surface area contributed by atoms with Crippen LogP contribution in [0.15, 0.2) is 30.8 Å². The molecule has 1 aromatic rings. The smallest absolute Gasteiger partial charge is 0.326 e. The molecule has 130 valence electrons. The molecule has 0 aromatic heterocycles. The molecule has 2 rings (SSSR count). The van der Waals surface area contributed by atoms with E-state index in [0.717, 1.165) is 0 Å². The van der Waals surface area contributed by atoms with E-state index in [1.165, 1.54) is 4.90 Å². The molecule has 1 aliphatic rings. The summed E-state index contributed by atoms with van der Waals surface area (Å²) in [5.41, 5.74) is 1.74. The second-order valence-corrected chi connectivity index (χ2v) is 8.58. The topological polar surface area (TPSA) is 81.7 Å². The Bertz CT molecular complexity index is 669. The Hall–Kier alpha value is -1.83. The van der Waals surface area contributed by atoms with E-state index in [4.69, 9.17) is 4.74 Å². The molecule has 0 saturated carbocycles. The molecule has 7 heteroatoms. The van der Waals surface area contributed by atoms with Crippen molar-refractivity contribution < 1.29 is 18.9 Å². The van der Waals surface area contributed by atoms with E-state index < -0.39 is 28.3 Å². The number of likely N-dealkylation sites (N-methyl/N-ethyl adjacent to an activating group) is 1. The molecule has 1 aliphatic heterocycles. The highest BCUT2D eigenvalue weighted by atomic mass is 32.2. The van der Waals surface area contributed by atoms with Gasteiger partial charge < -0.3 is 14.2 Å². The van der Waals surface area contributed by atoms with E-state index in [-0.39, 0.29) is 12.5 Å². The molecule has 24 heavy (non-hydrogen) atoms. The minimum atomic E-state index is -1.38. The first-order valence-electron chi connectivity index (χ1n) is 7.53. The average molecular weight is 350 g/mol. The van der Waals surface area contributed by atoms with Crippen molar-refractivity contribution in [2.45, 2.75) is 31.7 Å². The van der Waals surface area contributed by atoms with Crippen molar-refractivity contribution in [2.75, 3.05) is 13.6 Å². The van der Waals surface area contributed by atoms with Gasteiger partial charge in [-0.05, 0) is 32.4 Å². The maximum atomic E-state index is 12.4. The van der Waals surface area contributed by atoms with Gasteiger partial charge in [-0.1, -0.05) is 24.8 Å². The molecule has 1 N–H and O–H groups in total. The summed E-state index contributed by atoms with van der Waals surface area (Å²) in [5, 5.41) is 0. The molecule has 1 aromatic carbocycles. The van der Waals surface area contributed by atoms with E-state index in [2.05, 4.69) is 11.3 Å². The first-order chi connectivity index (χ1) is 11.1. The lowest BCUT2D eigenvalue weighted by atomic mass is 9.94. The molecule has 0 saturated heterocycles. The van der Waals surface area contributed by atoms with Crippen LogP contribution in [0.5, 0.6) is 0 Å². The molecule has 0 aliphatic carbocycles. The van der Waals surface area contributed by atoms with Gasteiger partial charge in [-0.2, -0.15) is 0 Å². The van der Waals surface area contributed by atoms with E-state index in [9.17, 15) is 14.1 Å². The third kappa shape index (κ3) is 3.80. The minimum Gasteiger partial charge on any atom is -0.598 e. The zero-order chi connectivity index (χ0) is 18.1. The zero-order valence-corrected chi connectivity index (χ0v) is 15.1. The summed E-state index contributed by atoms with van der Waals surface area (Å²) in [4.78, 5) is 25.8. The average Bonchev–Trinajstić information content (AvgIpc) is 2.53. The van der Waals surface area contributed by atoms with Crippen LogP contribution >= 0.6 is 0 Å².